The Morgan fingerprint density at radius 3 is 2.36 bits per heavy atom. The van der Waals surface area contributed by atoms with Gasteiger partial charge in [0.1, 0.15) is 0 Å². The number of hydrogen-bond acceptors (Lipinski definition) is 3. The van der Waals surface area contributed by atoms with Crippen LogP contribution in [-0.2, 0) is 14.8 Å². The maximum Gasteiger partial charge on any atom is 0.223 e. The summed E-state index contributed by atoms with van der Waals surface area (Å²) in [5.41, 5.74) is 2.32. The van der Waals surface area contributed by atoms with Gasteiger partial charge in [0.25, 0.3) is 0 Å². The van der Waals surface area contributed by atoms with E-state index in [2.05, 4.69) is 38.2 Å². The molecule has 6 heteroatoms. The van der Waals surface area contributed by atoms with Crippen LogP contribution >= 0.6 is 0 Å². The van der Waals surface area contributed by atoms with E-state index >= 15 is 0 Å². The Morgan fingerprint density at radius 1 is 1.24 bits per heavy atom. The van der Waals surface area contributed by atoms with E-state index in [9.17, 15) is 13.2 Å². The maximum absolute atomic E-state index is 12.7. The first-order chi connectivity index (χ1) is 11.8. The number of piperidine rings is 1. The van der Waals surface area contributed by atoms with Crippen molar-refractivity contribution in [3.63, 3.8) is 0 Å². The van der Waals surface area contributed by atoms with Gasteiger partial charge >= 0.3 is 0 Å². The zero-order chi connectivity index (χ0) is 18.6. The fourth-order valence-corrected chi connectivity index (χ4v) is 4.52. The molecule has 1 aromatic rings. The van der Waals surface area contributed by atoms with Crippen molar-refractivity contribution in [3.05, 3.63) is 35.4 Å². The molecule has 1 saturated heterocycles. The molecule has 0 aromatic heterocycles. The second kappa shape index (κ2) is 8.32. The SMILES string of the molecule is CCS(=O)(=O)N1CCC(C(=O)NC(c2ccccc2C)C(C)C)CC1. The molecule has 140 valence electrons. The van der Waals surface area contributed by atoms with Gasteiger partial charge in [-0.3, -0.25) is 4.79 Å². The summed E-state index contributed by atoms with van der Waals surface area (Å²) in [6.45, 7) is 8.80. The zero-order valence-corrected chi connectivity index (χ0v) is 16.5. The molecule has 1 unspecified atom stereocenters. The highest BCUT2D eigenvalue weighted by molar-refractivity contribution is 7.89. The highest BCUT2D eigenvalue weighted by atomic mass is 32.2. The van der Waals surface area contributed by atoms with E-state index in [0.717, 1.165) is 5.56 Å². The van der Waals surface area contributed by atoms with Crippen LogP contribution in [0.2, 0.25) is 0 Å². The Labute approximate surface area is 151 Å². The topological polar surface area (TPSA) is 66.5 Å². The number of hydrogen-bond donors (Lipinski definition) is 1. The summed E-state index contributed by atoms with van der Waals surface area (Å²) < 4.78 is 25.4. The number of sulfonamides is 1. The van der Waals surface area contributed by atoms with Gasteiger partial charge < -0.3 is 5.32 Å². The number of aryl methyl sites for hydroxylation is 1. The van der Waals surface area contributed by atoms with E-state index in [1.807, 2.05) is 12.1 Å². The molecule has 1 amide bonds. The van der Waals surface area contributed by atoms with Crippen LogP contribution in [0.15, 0.2) is 24.3 Å². The summed E-state index contributed by atoms with van der Waals surface area (Å²) >= 11 is 0. The molecular weight excluding hydrogens is 336 g/mol. The smallest absolute Gasteiger partial charge is 0.223 e. The first-order valence-electron chi connectivity index (χ1n) is 9.10. The molecule has 0 saturated carbocycles. The third kappa shape index (κ3) is 4.82. The van der Waals surface area contributed by atoms with Crippen LogP contribution in [0, 0.1) is 18.8 Å². The largest absolute Gasteiger partial charge is 0.349 e. The summed E-state index contributed by atoms with van der Waals surface area (Å²) in [6.07, 6.45) is 1.17. The maximum atomic E-state index is 12.7. The molecule has 0 spiro atoms. The van der Waals surface area contributed by atoms with Crippen LogP contribution in [0.5, 0.6) is 0 Å². The quantitative estimate of drug-likeness (QED) is 0.842. The Morgan fingerprint density at radius 2 is 1.84 bits per heavy atom. The van der Waals surface area contributed by atoms with Crippen LogP contribution in [-0.4, -0.2) is 37.5 Å². The van der Waals surface area contributed by atoms with Crippen LogP contribution in [0.25, 0.3) is 0 Å². The molecule has 1 heterocycles. The number of nitrogens with zero attached hydrogens (tertiary/aromatic N) is 1. The lowest BCUT2D eigenvalue weighted by Gasteiger charge is -2.32. The predicted octanol–water partition coefficient (Wildman–Crippen LogP) is 2.87. The number of carbonyl (C=O) groups is 1. The lowest BCUT2D eigenvalue weighted by atomic mass is 9.90. The molecule has 0 bridgehead atoms. The first-order valence-corrected chi connectivity index (χ1v) is 10.7. The van der Waals surface area contributed by atoms with E-state index < -0.39 is 10.0 Å². The molecular formula is C19H30N2O3S. The lowest BCUT2D eigenvalue weighted by molar-refractivity contribution is -0.127. The van der Waals surface area contributed by atoms with Crippen molar-refractivity contribution in [2.75, 3.05) is 18.8 Å². The van der Waals surface area contributed by atoms with Gasteiger partial charge in [0.05, 0.1) is 11.8 Å². The van der Waals surface area contributed by atoms with E-state index in [1.54, 1.807) is 6.92 Å². The third-order valence-electron chi connectivity index (χ3n) is 5.07. The van der Waals surface area contributed by atoms with Gasteiger partial charge in [-0.1, -0.05) is 38.1 Å². The van der Waals surface area contributed by atoms with Crippen molar-refractivity contribution in [3.8, 4) is 0 Å². The summed E-state index contributed by atoms with van der Waals surface area (Å²) in [4.78, 5) is 12.7. The summed E-state index contributed by atoms with van der Waals surface area (Å²) in [6, 6.07) is 8.10. The van der Waals surface area contributed by atoms with Crippen molar-refractivity contribution >= 4 is 15.9 Å². The predicted molar refractivity (Wildman–Crippen MR) is 101 cm³/mol. The first kappa shape index (κ1) is 19.9. The van der Waals surface area contributed by atoms with Gasteiger partial charge in [-0.05, 0) is 43.7 Å². The third-order valence-corrected chi connectivity index (χ3v) is 6.95. The summed E-state index contributed by atoms with van der Waals surface area (Å²) in [5, 5.41) is 3.20. The number of amides is 1. The van der Waals surface area contributed by atoms with Gasteiger partial charge in [-0.25, -0.2) is 12.7 Å². The number of carbonyl (C=O) groups excluding carboxylic acids is 1. The van der Waals surface area contributed by atoms with Crippen molar-refractivity contribution < 1.29 is 13.2 Å². The highest BCUT2D eigenvalue weighted by Crippen LogP contribution is 2.27. The van der Waals surface area contributed by atoms with Crippen LogP contribution < -0.4 is 5.32 Å². The van der Waals surface area contributed by atoms with Crippen LogP contribution in [0.3, 0.4) is 0 Å². The lowest BCUT2D eigenvalue weighted by Crippen LogP contribution is -2.44. The van der Waals surface area contributed by atoms with Crippen LogP contribution in [0.4, 0.5) is 0 Å². The summed E-state index contributed by atoms with van der Waals surface area (Å²) in [7, 11) is -3.15. The molecule has 1 fully saturated rings. The standard InChI is InChI=1S/C19H30N2O3S/c1-5-25(23,24)21-12-10-16(11-13-21)19(22)20-18(14(2)3)17-9-7-6-8-15(17)4/h6-9,14,16,18H,5,10-13H2,1-4H3,(H,20,22). The Bertz CT molecular complexity index is 692. The molecule has 1 aliphatic heterocycles. The molecule has 1 N–H and O–H groups in total. The minimum absolute atomic E-state index is 0.0221. The van der Waals surface area contributed by atoms with Crippen molar-refractivity contribution in [2.24, 2.45) is 11.8 Å². The summed E-state index contributed by atoms with van der Waals surface area (Å²) in [5.74, 6) is 0.321. The van der Waals surface area contributed by atoms with Gasteiger partial charge in [0.2, 0.25) is 15.9 Å². The number of nitrogens with one attached hydrogen (secondary N) is 1. The van der Waals surface area contributed by atoms with E-state index in [4.69, 9.17) is 0 Å². The normalized spacial score (nSPS) is 18.3. The fourth-order valence-electron chi connectivity index (χ4n) is 3.39. The molecule has 0 radical (unpaired) electrons. The molecule has 5 nitrogen and oxygen atoms in total. The van der Waals surface area contributed by atoms with Gasteiger partial charge in [0.15, 0.2) is 0 Å². The number of rotatable bonds is 6. The van der Waals surface area contributed by atoms with Gasteiger partial charge in [-0.2, -0.15) is 0 Å². The molecule has 1 aliphatic rings. The zero-order valence-electron chi connectivity index (χ0n) is 15.7. The molecule has 1 aromatic carbocycles. The Balaban J connectivity index is 2.02. The van der Waals surface area contributed by atoms with Gasteiger partial charge in [0, 0.05) is 19.0 Å². The van der Waals surface area contributed by atoms with Crippen molar-refractivity contribution in [2.45, 2.75) is 46.6 Å². The molecule has 1 atom stereocenters. The van der Waals surface area contributed by atoms with Crippen LogP contribution in [0.1, 0.15) is 50.8 Å². The molecule has 25 heavy (non-hydrogen) atoms. The second-order valence-electron chi connectivity index (χ2n) is 7.16. The Kier molecular flexibility index (Phi) is 6.63. The monoisotopic (exact) mass is 366 g/mol. The molecule has 2 rings (SSSR count). The Hall–Kier alpha value is -1.40. The van der Waals surface area contributed by atoms with E-state index in [-0.39, 0.29) is 29.5 Å². The average molecular weight is 367 g/mol. The fraction of sp³-hybridized carbons (Fsp3) is 0.632. The highest BCUT2D eigenvalue weighted by Gasteiger charge is 2.31. The van der Waals surface area contributed by atoms with Gasteiger partial charge in [-0.15, -0.1) is 0 Å². The second-order valence-corrected chi connectivity index (χ2v) is 9.42. The average Bonchev–Trinajstić information content (AvgIpc) is 2.60. The minimum atomic E-state index is -3.15. The minimum Gasteiger partial charge on any atom is -0.349 e. The van der Waals surface area contributed by atoms with Crippen molar-refractivity contribution in [1.82, 2.24) is 9.62 Å². The number of benzene rings is 1. The van der Waals surface area contributed by atoms with Crippen molar-refractivity contribution in [1.29, 1.82) is 0 Å². The van der Waals surface area contributed by atoms with E-state index in [0.29, 0.717) is 25.9 Å². The van der Waals surface area contributed by atoms with E-state index in [1.165, 1.54) is 9.87 Å². The molecule has 0 aliphatic carbocycles.